The van der Waals surface area contributed by atoms with Crippen molar-refractivity contribution in [1.82, 2.24) is 10.2 Å². The monoisotopic (exact) mass is 280 g/mol. The highest BCUT2D eigenvalue weighted by molar-refractivity contribution is 6.30. The minimum absolute atomic E-state index is 0.696. The maximum absolute atomic E-state index is 5.92. The molecule has 0 saturated carbocycles. The lowest BCUT2D eigenvalue weighted by atomic mass is 9.93. The number of likely N-dealkylation sites (tertiary alicyclic amines) is 1. The zero-order valence-corrected chi connectivity index (χ0v) is 12.8. The fraction of sp³-hybridized carbons (Fsp3) is 0.625. The van der Waals surface area contributed by atoms with E-state index in [2.05, 4.69) is 36.2 Å². The number of nitrogens with one attached hydrogen (secondary N) is 1. The van der Waals surface area contributed by atoms with Gasteiger partial charge in [0.1, 0.15) is 0 Å². The molecule has 2 nitrogen and oxygen atoms in total. The van der Waals surface area contributed by atoms with Crippen molar-refractivity contribution >= 4 is 11.6 Å². The van der Waals surface area contributed by atoms with E-state index < -0.39 is 0 Å². The van der Waals surface area contributed by atoms with E-state index in [4.69, 9.17) is 11.6 Å². The van der Waals surface area contributed by atoms with Crippen molar-refractivity contribution in [3.8, 4) is 0 Å². The lowest BCUT2D eigenvalue weighted by Crippen LogP contribution is -2.48. The number of nitrogens with zero attached hydrogens (tertiary/aromatic N) is 1. The van der Waals surface area contributed by atoms with E-state index in [0.29, 0.717) is 6.04 Å². The van der Waals surface area contributed by atoms with Gasteiger partial charge in [-0.2, -0.15) is 0 Å². The molecular weight excluding hydrogens is 256 g/mol. The molecule has 106 valence electrons. The molecule has 2 unspecified atom stereocenters. The highest BCUT2D eigenvalue weighted by atomic mass is 35.5. The van der Waals surface area contributed by atoms with Crippen LogP contribution in [-0.4, -0.2) is 30.6 Å². The summed E-state index contributed by atoms with van der Waals surface area (Å²) in [5, 5.41) is 4.49. The molecule has 1 N–H and O–H groups in total. The van der Waals surface area contributed by atoms with Gasteiger partial charge in [-0.25, -0.2) is 0 Å². The Labute approximate surface area is 122 Å². The maximum atomic E-state index is 5.92. The largest absolute Gasteiger partial charge is 0.314 e. The van der Waals surface area contributed by atoms with E-state index in [1.165, 1.54) is 31.5 Å². The van der Waals surface area contributed by atoms with E-state index in [9.17, 15) is 0 Å². The Morgan fingerprint density at radius 1 is 1.32 bits per heavy atom. The molecule has 1 aromatic carbocycles. The average molecular weight is 281 g/mol. The number of rotatable bonds is 5. The Hall–Kier alpha value is -0.570. The minimum Gasteiger partial charge on any atom is -0.314 e. The highest BCUT2D eigenvalue weighted by Crippen LogP contribution is 2.19. The number of hydrogen-bond acceptors (Lipinski definition) is 2. The second-order valence-corrected chi connectivity index (χ2v) is 6.12. The smallest absolute Gasteiger partial charge is 0.0406 e. The van der Waals surface area contributed by atoms with Crippen LogP contribution >= 0.6 is 11.6 Å². The second-order valence-electron chi connectivity index (χ2n) is 5.69. The first kappa shape index (κ1) is 14.8. The molecule has 3 heteroatoms. The summed E-state index contributed by atoms with van der Waals surface area (Å²) in [6.45, 7) is 9.15. The molecule has 2 atom stereocenters. The molecule has 0 bridgehead atoms. The summed E-state index contributed by atoms with van der Waals surface area (Å²) in [5.41, 5.74) is 1.36. The van der Waals surface area contributed by atoms with Crippen molar-refractivity contribution in [3.05, 3.63) is 34.9 Å². The van der Waals surface area contributed by atoms with Crippen molar-refractivity contribution in [2.24, 2.45) is 5.92 Å². The van der Waals surface area contributed by atoms with Crippen molar-refractivity contribution in [2.45, 2.75) is 39.3 Å². The Balaban J connectivity index is 1.82. The Bertz CT molecular complexity index is 377. The molecule has 0 radical (unpaired) electrons. The van der Waals surface area contributed by atoms with Crippen LogP contribution in [-0.2, 0) is 6.54 Å². The molecule has 0 spiro atoms. The average Bonchev–Trinajstić information content (AvgIpc) is 2.41. The van der Waals surface area contributed by atoms with Crippen molar-refractivity contribution < 1.29 is 0 Å². The van der Waals surface area contributed by atoms with Crippen molar-refractivity contribution in [3.63, 3.8) is 0 Å². The van der Waals surface area contributed by atoms with Crippen LogP contribution in [0.2, 0.25) is 5.02 Å². The Morgan fingerprint density at radius 2 is 2.05 bits per heavy atom. The second kappa shape index (κ2) is 7.28. The van der Waals surface area contributed by atoms with E-state index >= 15 is 0 Å². The molecule has 0 aromatic heterocycles. The lowest BCUT2D eigenvalue weighted by molar-refractivity contribution is 0.141. The van der Waals surface area contributed by atoms with Gasteiger partial charge in [-0.3, -0.25) is 4.90 Å². The first-order valence-corrected chi connectivity index (χ1v) is 7.77. The van der Waals surface area contributed by atoms with Gasteiger partial charge in [0.15, 0.2) is 0 Å². The fourth-order valence-corrected chi connectivity index (χ4v) is 2.98. The van der Waals surface area contributed by atoms with Crippen LogP contribution < -0.4 is 5.32 Å². The maximum Gasteiger partial charge on any atom is 0.0406 e. The summed E-state index contributed by atoms with van der Waals surface area (Å²) in [4.78, 5) is 2.55. The van der Waals surface area contributed by atoms with Crippen LogP contribution in [0.25, 0.3) is 0 Å². The minimum atomic E-state index is 0.696. The van der Waals surface area contributed by atoms with E-state index in [-0.39, 0.29) is 0 Å². The summed E-state index contributed by atoms with van der Waals surface area (Å²) >= 11 is 5.92. The number of benzene rings is 1. The van der Waals surface area contributed by atoms with Crippen LogP contribution in [0.3, 0.4) is 0 Å². The predicted octanol–water partition coefficient (Wildman–Crippen LogP) is 3.55. The summed E-state index contributed by atoms with van der Waals surface area (Å²) in [6, 6.07) is 8.93. The van der Waals surface area contributed by atoms with E-state index in [0.717, 1.165) is 24.0 Å². The molecule has 2 rings (SSSR count). The first-order valence-electron chi connectivity index (χ1n) is 7.39. The van der Waals surface area contributed by atoms with Gasteiger partial charge in [0.05, 0.1) is 0 Å². The van der Waals surface area contributed by atoms with Crippen LogP contribution in [0.1, 0.15) is 32.3 Å². The number of piperidine rings is 1. The molecule has 0 aliphatic carbocycles. The standard InChI is InChI=1S/C16H25ClN2/c1-3-9-18-16-8-10-19(11-13(16)2)12-14-4-6-15(17)7-5-14/h4-7,13,16,18H,3,8-12H2,1-2H3. The summed E-state index contributed by atoms with van der Waals surface area (Å²) in [5.74, 6) is 0.729. The van der Waals surface area contributed by atoms with Gasteiger partial charge < -0.3 is 5.32 Å². The van der Waals surface area contributed by atoms with E-state index in [1.54, 1.807) is 0 Å². The molecular formula is C16H25ClN2. The fourth-order valence-electron chi connectivity index (χ4n) is 2.86. The normalized spacial score (nSPS) is 24.6. The van der Waals surface area contributed by atoms with Crippen LogP contribution in [0, 0.1) is 5.92 Å². The third-order valence-corrected chi connectivity index (χ3v) is 4.22. The molecule has 19 heavy (non-hydrogen) atoms. The molecule has 1 aliphatic heterocycles. The van der Waals surface area contributed by atoms with Crippen LogP contribution in [0.4, 0.5) is 0 Å². The van der Waals surface area contributed by atoms with E-state index in [1.807, 2.05) is 12.1 Å². The first-order chi connectivity index (χ1) is 9.19. The Morgan fingerprint density at radius 3 is 2.68 bits per heavy atom. The van der Waals surface area contributed by atoms with Gasteiger partial charge in [-0.15, -0.1) is 0 Å². The number of hydrogen-bond donors (Lipinski definition) is 1. The lowest BCUT2D eigenvalue weighted by Gasteiger charge is -2.37. The van der Waals surface area contributed by atoms with Gasteiger partial charge >= 0.3 is 0 Å². The highest BCUT2D eigenvalue weighted by Gasteiger charge is 2.25. The van der Waals surface area contributed by atoms with Gasteiger partial charge in [-0.05, 0) is 49.5 Å². The van der Waals surface area contributed by atoms with Crippen LogP contribution in [0.5, 0.6) is 0 Å². The molecule has 0 amide bonds. The summed E-state index contributed by atoms with van der Waals surface area (Å²) in [7, 11) is 0. The number of halogens is 1. The van der Waals surface area contributed by atoms with Gasteiger partial charge in [-0.1, -0.05) is 37.6 Å². The van der Waals surface area contributed by atoms with Gasteiger partial charge in [0.25, 0.3) is 0 Å². The topological polar surface area (TPSA) is 15.3 Å². The van der Waals surface area contributed by atoms with Crippen molar-refractivity contribution in [2.75, 3.05) is 19.6 Å². The third-order valence-electron chi connectivity index (χ3n) is 3.97. The molecule has 1 aliphatic rings. The Kier molecular flexibility index (Phi) is 5.68. The van der Waals surface area contributed by atoms with Gasteiger partial charge in [0, 0.05) is 24.2 Å². The molecule has 1 heterocycles. The summed E-state index contributed by atoms with van der Waals surface area (Å²) < 4.78 is 0. The quantitative estimate of drug-likeness (QED) is 0.887. The molecule has 1 aromatic rings. The molecule has 1 fully saturated rings. The van der Waals surface area contributed by atoms with Gasteiger partial charge in [0.2, 0.25) is 0 Å². The predicted molar refractivity (Wildman–Crippen MR) is 82.6 cm³/mol. The third kappa shape index (κ3) is 4.48. The van der Waals surface area contributed by atoms with Crippen molar-refractivity contribution in [1.29, 1.82) is 0 Å². The zero-order chi connectivity index (χ0) is 13.7. The summed E-state index contributed by atoms with van der Waals surface area (Å²) in [6.07, 6.45) is 2.48. The van der Waals surface area contributed by atoms with Crippen LogP contribution in [0.15, 0.2) is 24.3 Å². The zero-order valence-electron chi connectivity index (χ0n) is 12.0. The molecule has 1 saturated heterocycles. The SMILES string of the molecule is CCCNC1CCN(Cc2ccc(Cl)cc2)CC1C.